The van der Waals surface area contributed by atoms with Gasteiger partial charge >= 0.3 is 0 Å². The van der Waals surface area contributed by atoms with E-state index in [1.807, 2.05) is 12.1 Å². The third-order valence-corrected chi connectivity index (χ3v) is 7.62. The van der Waals surface area contributed by atoms with Crippen LogP contribution in [0.25, 0.3) is 11.1 Å². The van der Waals surface area contributed by atoms with Crippen molar-refractivity contribution in [2.45, 2.75) is 18.9 Å². The van der Waals surface area contributed by atoms with Crippen LogP contribution in [-0.4, -0.2) is 45.5 Å². The van der Waals surface area contributed by atoms with Gasteiger partial charge in [-0.1, -0.05) is 24.3 Å². The molecule has 0 spiro atoms. The van der Waals surface area contributed by atoms with Crippen LogP contribution in [0.2, 0.25) is 0 Å². The van der Waals surface area contributed by atoms with Crippen molar-refractivity contribution in [3.05, 3.63) is 66.2 Å². The molecule has 37 heavy (non-hydrogen) atoms. The number of sulfonamides is 1. The largest absolute Gasteiger partial charge is 0.353 e. The van der Waals surface area contributed by atoms with Crippen LogP contribution in [0.1, 0.15) is 23.2 Å². The Morgan fingerprint density at radius 2 is 1.73 bits per heavy atom. The predicted octanol–water partition coefficient (Wildman–Crippen LogP) is 3.28. The number of benzene rings is 3. The highest BCUT2D eigenvalue weighted by Crippen LogP contribution is 2.38. The fourth-order valence-corrected chi connectivity index (χ4v) is 4.91. The summed E-state index contributed by atoms with van der Waals surface area (Å²) in [5.41, 5.74) is 4.49. The second-order valence-electron chi connectivity index (χ2n) is 9.00. The maximum absolute atomic E-state index is 13.0. The number of fused-ring (bicyclic) bond motifs is 2. The molecule has 1 fully saturated rings. The highest BCUT2D eigenvalue weighted by molar-refractivity contribution is 7.92. The molecule has 11 heteroatoms. The van der Waals surface area contributed by atoms with Crippen molar-refractivity contribution >= 4 is 56.2 Å². The summed E-state index contributed by atoms with van der Waals surface area (Å²) in [6.45, 7) is 0. The van der Waals surface area contributed by atoms with Gasteiger partial charge in [0, 0.05) is 24.7 Å². The van der Waals surface area contributed by atoms with Crippen molar-refractivity contribution < 1.29 is 22.8 Å². The molecule has 3 aromatic rings. The molecule has 3 aromatic carbocycles. The van der Waals surface area contributed by atoms with Crippen molar-refractivity contribution in [1.82, 2.24) is 5.32 Å². The number of rotatable bonds is 5. The molecule has 2 aliphatic rings. The molecule has 1 atom stereocenters. The monoisotopic (exact) mass is 519 g/mol. The number of carbonyl (C=O) groups is 3. The van der Waals surface area contributed by atoms with E-state index in [2.05, 4.69) is 21.3 Å². The molecule has 10 nitrogen and oxygen atoms in total. The molecule has 190 valence electrons. The van der Waals surface area contributed by atoms with E-state index < -0.39 is 16.1 Å². The molecule has 0 unspecified atom stereocenters. The van der Waals surface area contributed by atoms with Gasteiger partial charge in [0.05, 0.1) is 34.6 Å². The highest BCUT2D eigenvalue weighted by Gasteiger charge is 2.28. The number of carbonyl (C=O) groups excluding carboxylic acids is 3. The van der Waals surface area contributed by atoms with E-state index in [9.17, 15) is 22.8 Å². The first-order valence-electron chi connectivity index (χ1n) is 11.6. The van der Waals surface area contributed by atoms with Gasteiger partial charge in [-0.15, -0.1) is 0 Å². The van der Waals surface area contributed by atoms with Crippen molar-refractivity contribution in [1.29, 1.82) is 0 Å². The third-order valence-electron chi connectivity index (χ3n) is 6.43. The molecule has 0 radical (unpaired) electrons. The highest BCUT2D eigenvalue weighted by atomic mass is 32.2. The van der Waals surface area contributed by atoms with E-state index in [4.69, 9.17) is 0 Å². The Hall–Kier alpha value is -4.38. The molecule has 2 aliphatic heterocycles. The Labute approximate surface area is 214 Å². The van der Waals surface area contributed by atoms with Gasteiger partial charge in [-0.3, -0.25) is 18.7 Å². The van der Waals surface area contributed by atoms with Gasteiger partial charge < -0.3 is 21.3 Å². The first-order chi connectivity index (χ1) is 17.6. The lowest BCUT2D eigenvalue weighted by atomic mass is 10.0. The topological polar surface area (TPSA) is 137 Å². The predicted molar refractivity (Wildman–Crippen MR) is 143 cm³/mol. The van der Waals surface area contributed by atoms with Crippen LogP contribution in [-0.2, 0) is 19.6 Å². The van der Waals surface area contributed by atoms with Crippen LogP contribution in [0.3, 0.4) is 0 Å². The van der Waals surface area contributed by atoms with E-state index >= 15 is 0 Å². The van der Waals surface area contributed by atoms with Crippen molar-refractivity contribution in [2.24, 2.45) is 0 Å². The number of para-hydroxylation sites is 1. The van der Waals surface area contributed by atoms with Crippen molar-refractivity contribution in [2.75, 3.05) is 33.6 Å². The summed E-state index contributed by atoms with van der Waals surface area (Å²) in [6, 6.07) is 16.9. The van der Waals surface area contributed by atoms with Gasteiger partial charge in [0.25, 0.3) is 5.91 Å². The summed E-state index contributed by atoms with van der Waals surface area (Å²) in [5, 5.41) is 11.6. The first kappa shape index (κ1) is 24.3. The molecule has 3 amide bonds. The van der Waals surface area contributed by atoms with E-state index in [0.717, 1.165) is 11.8 Å². The maximum atomic E-state index is 13.0. The van der Waals surface area contributed by atoms with Crippen LogP contribution < -0.4 is 25.6 Å². The maximum Gasteiger partial charge on any atom is 0.257 e. The zero-order valence-electron chi connectivity index (χ0n) is 20.2. The van der Waals surface area contributed by atoms with Crippen LogP contribution in [0.15, 0.2) is 60.7 Å². The van der Waals surface area contributed by atoms with E-state index in [0.29, 0.717) is 52.4 Å². The lowest BCUT2D eigenvalue weighted by Crippen LogP contribution is -2.37. The van der Waals surface area contributed by atoms with Crippen molar-refractivity contribution in [3.8, 4) is 11.1 Å². The number of hydrogen-bond donors (Lipinski definition) is 4. The van der Waals surface area contributed by atoms with E-state index in [1.165, 1.54) is 11.4 Å². The fraction of sp³-hybridized carbons (Fsp3) is 0.192. The van der Waals surface area contributed by atoms with Crippen molar-refractivity contribution in [3.63, 3.8) is 0 Å². The SMILES string of the molecule is CN(c1ccccc1-c1ccc2c(c1)Nc1ccc(NC(=O)[C@@H]3CCC(=O)N3)cc1NC2=O)S(C)(=O)=O. The molecular formula is C26H25N5O5S. The molecule has 0 bridgehead atoms. The summed E-state index contributed by atoms with van der Waals surface area (Å²) in [7, 11) is -1.98. The molecule has 4 N–H and O–H groups in total. The van der Waals surface area contributed by atoms with E-state index in [1.54, 1.807) is 48.5 Å². The average Bonchev–Trinajstić information content (AvgIpc) is 3.25. The number of anilines is 5. The number of hydrogen-bond acceptors (Lipinski definition) is 6. The minimum absolute atomic E-state index is 0.152. The molecule has 0 aromatic heterocycles. The fourth-order valence-electron chi connectivity index (χ4n) is 4.39. The van der Waals surface area contributed by atoms with Gasteiger partial charge in [-0.25, -0.2) is 8.42 Å². The third kappa shape index (κ3) is 4.85. The number of amides is 3. The van der Waals surface area contributed by atoms with Gasteiger partial charge in [-0.2, -0.15) is 0 Å². The van der Waals surface area contributed by atoms with Gasteiger partial charge in [-0.05, 0) is 48.4 Å². The van der Waals surface area contributed by atoms with Gasteiger partial charge in [0.2, 0.25) is 21.8 Å². The lowest BCUT2D eigenvalue weighted by molar-refractivity contribution is -0.122. The normalized spacial score (nSPS) is 16.4. The summed E-state index contributed by atoms with van der Waals surface area (Å²) < 4.78 is 25.6. The minimum atomic E-state index is -3.48. The van der Waals surface area contributed by atoms with Gasteiger partial charge in [0.1, 0.15) is 6.04 Å². The summed E-state index contributed by atoms with van der Waals surface area (Å²) >= 11 is 0. The zero-order chi connectivity index (χ0) is 26.3. The van der Waals surface area contributed by atoms with E-state index in [-0.39, 0.29) is 17.7 Å². The molecule has 5 rings (SSSR count). The Morgan fingerprint density at radius 1 is 0.946 bits per heavy atom. The molecule has 2 heterocycles. The van der Waals surface area contributed by atoms with Crippen LogP contribution in [0.4, 0.5) is 28.4 Å². The molecular weight excluding hydrogens is 494 g/mol. The number of nitrogens with one attached hydrogen (secondary N) is 4. The Morgan fingerprint density at radius 3 is 2.46 bits per heavy atom. The second kappa shape index (κ2) is 9.25. The lowest BCUT2D eigenvalue weighted by Gasteiger charge is -2.21. The Balaban J connectivity index is 1.45. The molecule has 0 saturated carbocycles. The number of nitrogens with zero attached hydrogens (tertiary/aromatic N) is 1. The Bertz CT molecular complexity index is 1550. The zero-order valence-corrected chi connectivity index (χ0v) is 21.0. The standard InChI is InChI=1S/C26H25N5O5S/c1-31(37(2,35)36)23-6-4-3-5-17(23)15-7-9-18-21(13-15)28-19-10-8-16(14-22(19)30-25(18)33)27-26(34)20-11-12-24(32)29-20/h3-10,13-14,20,28H,11-12H2,1-2H3,(H,27,34)(H,29,32)(H,30,33)/t20-/m0/s1. The summed E-state index contributed by atoms with van der Waals surface area (Å²) in [5.74, 6) is -0.800. The quantitative estimate of drug-likeness (QED) is 0.408. The average molecular weight is 520 g/mol. The van der Waals surface area contributed by atoms with Crippen LogP contribution in [0.5, 0.6) is 0 Å². The molecule has 1 saturated heterocycles. The van der Waals surface area contributed by atoms with Crippen LogP contribution in [0, 0.1) is 0 Å². The first-order valence-corrected chi connectivity index (χ1v) is 13.4. The Kier molecular flexibility index (Phi) is 6.08. The minimum Gasteiger partial charge on any atom is -0.353 e. The summed E-state index contributed by atoms with van der Waals surface area (Å²) in [6.07, 6.45) is 1.90. The molecule has 0 aliphatic carbocycles. The summed E-state index contributed by atoms with van der Waals surface area (Å²) in [4.78, 5) is 36.9. The van der Waals surface area contributed by atoms with Gasteiger partial charge in [0.15, 0.2) is 0 Å². The second-order valence-corrected chi connectivity index (χ2v) is 11.0. The smallest absolute Gasteiger partial charge is 0.257 e. The van der Waals surface area contributed by atoms with Crippen LogP contribution >= 0.6 is 0 Å².